The molecule has 1 aromatic carbocycles. The Morgan fingerprint density at radius 1 is 1.24 bits per heavy atom. The minimum Gasteiger partial charge on any atom is -0.389 e. The van der Waals surface area contributed by atoms with Gasteiger partial charge < -0.3 is 10.4 Å². The average molecular weight is 287 g/mol. The molecule has 2 N–H and O–H groups in total. The Morgan fingerprint density at radius 3 is 2.62 bits per heavy atom. The lowest BCUT2D eigenvalue weighted by molar-refractivity contribution is -0.0108. The van der Waals surface area contributed by atoms with Crippen LogP contribution in [0.25, 0.3) is 0 Å². The Bertz CT molecular complexity index is 470. The van der Waals surface area contributed by atoms with Gasteiger partial charge in [0, 0.05) is 12.6 Å². The molecule has 0 heterocycles. The van der Waals surface area contributed by atoms with Gasteiger partial charge in [-0.1, -0.05) is 36.8 Å². The van der Waals surface area contributed by atoms with Gasteiger partial charge in [-0.05, 0) is 62.8 Å². The molecule has 0 bridgehead atoms. The number of hydrogen-bond donors (Lipinski definition) is 2. The standard InChI is InChI=1S/C19H29NO/c1-14-6-8-19(21,9-7-14)13-20-18-11-17(12-18)16-5-3-4-15(2)10-16/h3-5,10,14,17-18,20-21H,6-9,11-13H2,1-2H3. The second-order valence-corrected chi connectivity index (χ2v) is 7.57. The lowest BCUT2D eigenvalue weighted by Gasteiger charge is -2.41. The van der Waals surface area contributed by atoms with E-state index in [1.54, 1.807) is 0 Å². The first-order valence-corrected chi connectivity index (χ1v) is 8.56. The highest BCUT2D eigenvalue weighted by Crippen LogP contribution is 2.38. The topological polar surface area (TPSA) is 32.3 Å². The van der Waals surface area contributed by atoms with Gasteiger partial charge >= 0.3 is 0 Å². The molecule has 3 rings (SSSR count). The quantitative estimate of drug-likeness (QED) is 0.883. The van der Waals surface area contributed by atoms with Crippen molar-refractivity contribution in [2.24, 2.45) is 5.92 Å². The minimum atomic E-state index is -0.444. The maximum atomic E-state index is 10.6. The third kappa shape index (κ3) is 3.67. The fourth-order valence-electron chi connectivity index (χ4n) is 3.79. The van der Waals surface area contributed by atoms with Crippen LogP contribution in [0.1, 0.15) is 62.5 Å². The summed E-state index contributed by atoms with van der Waals surface area (Å²) in [5, 5.41) is 14.2. The van der Waals surface area contributed by atoms with Gasteiger partial charge in [0.25, 0.3) is 0 Å². The van der Waals surface area contributed by atoms with E-state index in [4.69, 9.17) is 0 Å². The fraction of sp³-hybridized carbons (Fsp3) is 0.684. The normalized spacial score (nSPS) is 36.2. The summed E-state index contributed by atoms with van der Waals surface area (Å²) >= 11 is 0. The molecule has 2 heteroatoms. The van der Waals surface area contributed by atoms with E-state index < -0.39 is 5.60 Å². The molecular weight excluding hydrogens is 258 g/mol. The summed E-state index contributed by atoms with van der Waals surface area (Å²) in [4.78, 5) is 0. The number of hydrogen-bond acceptors (Lipinski definition) is 2. The summed E-state index contributed by atoms with van der Waals surface area (Å²) in [7, 11) is 0. The molecule has 2 fully saturated rings. The largest absolute Gasteiger partial charge is 0.389 e. The summed E-state index contributed by atoms with van der Waals surface area (Å²) in [6.07, 6.45) is 6.72. The molecule has 116 valence electrons. The SMILES string of the molecule is Cc1cccc(C2CC(NCC3(O)CCC(C)CC3)C2)c1. The zero-order valence-corrected chi connectivity index (χ0v) is 13.4. The van der Waals surface area contributed by atoms with Crippen LogP contribution >= 0.6 is 0 Å². The first-order chi connectivity index (χ1) is 10.0. The van der Waals surface area contributed by atoms with Crippen LogP contribution in [0.5, 0.6) is 0 Å². The van der Waals surface area contributed by atoms with E-state index in [0.717, 1.165) is 25.3 Å². The lowest BCUT2D eigenvalue weighted by atomic mass is 9.74. The van der Waals surface area contributed by atoms with Crippen molar-refractivity contribution in [1.29, 1.82) is 0 Å². The molecule has 0 radical (unpaired) electrons. The van der Waals surface area contributed by atoms with E-state index in [9.17, 15) is 5.11 Å². The molecule has 0 aliphatic heterocycles. The van der Waals surface area contributed by atoms with Crippen LogP contribution < -0.4 is 5.32 Å². The van der Waals surface area contributed by atoms with E-state index in [1.165, 1.54) is 36.8 Å². The summed E-state index contributed by atoms with van der Waals surface area (Å²) in [6.45, 7) is 5.24. The van der Waals surface area contributed by atoms with E-state index >= 15 is 0 Å². The van der Waals surface area contributed by atoms with Gasteiger partial charge in [0.1, 0.15) is 0 Å². The number of nitrogens with one attached hydrogen (secondary N) is 1. The molecule has 2 aliphatic carbocycles. The molecule has 0 spiro atoms. The lowest BCUT2D eigenvalue weighted by Crippen LogP contribution is -2.49. The van der Waals surface area contributed by atoms with Gasteiger partial charge in [-0.25, -0.2) is 0 Å². The number of aryl methyl sites for hydroxylation is 1. The highest BCUT2D eigenvalue weighted by Gasteiger charge is 2.35. The van der Waals surface area contributed by atoms with Crippen molar-refractivity contribution < 1.29 is 5.11 Å². The minimum absolute atomic E-state index is 0.444. The Hall–Kier alpha value is -0.860. The maximum absolute atomic E-state index is 10.6. The van der Waals surface area contributed by atoms with Crippen molar-refractivity contribution in [3.05, 3.63) is 35.4 Å². The Kier molecular flexibility index (Phi) is 4.37. The fourth-order valence-corrected chi connectivity index (χ4v) is 3.79. The van der Waals surface area contributed by atoms with Gasteiger partial charge in [0.05, 0.1) is 5.60 Å². The highest BCUT2D eigenvalue weighted by atomic mass is 16.3. The summed E-state index contributed by atoms with van der Waals surface area (Å²) in [5.74, 6) is 1.50. The van der Waals surface area contributed by atoms with E-state index in [1.807, 2.05) is 0 Å². The number of benzene rings is 1. The Balaban J connectivity index is 1.43. The first-order valence-electron chi connectivity index (χ1n) is 8.56. The third-order valence-corrected chi connectivity index (χ3v) is 5.58. The highest BCUT2D eigenvalue weighted by molar-refractivity contribution is 5.27. The summed E-state index contributed by atoms with van der Waals surface area (Å²) < 4.78 is 0. The van der Waals surface area contributed by atoms with Crippen LogP contribution in [-0.4, -0.2) is 23.3 Å². The van der Waals surface area contributed by atoms with Crippen LogP contribution in [0.3, 0.4) is 0 Å². The number of aliphatic hydroxyl groups is 1. The molecule has 2 saturated carbocycles. The van der Waals surface area contributed by atoms with Crippen LogP contribution in [-0.2, 0) is 0 Å². The Labute approximate surface area is 129 Å². The molecule has 0 atom stereocenters. The van der Waals surface area contributed by atoms with Crippen molar-refractivity contribution in [3.63, 3.8) is 0 Å². The molecule has 0 unspecified atom stereocenters. The third-order valence-electron chi connectivity index (χ3n) is 5.58. The van der Waals surface area contributed by atoms with Crippen molar-refractivity contribution in [3.8, 4) is 0 Å². The smallest absolute Gasteiger partial charge is 0.0771 e. The molecule has 0 amide bonds. The van der Waals surface area contributed by atoms with E-state index in [0.29, 0.717) is 12.0 Å². The van der Waals surface area contributed by atoms with Gasteiger partial charge in [-0.15, -0.1) is 0 Å². The van der Waals surface area contributed by atoms with Crippen molar-refractivity contribution >= 4 is 0 Å². The van der Waals surface area contributed by atoms with Gasteiger partial charge in [0.2, 0.25) is 0 Å². The maximum Gasteiger partial charge on any atom is 0.0771 e. The predicted molar refractivity (Wildman–Crippen MR) is 87.5 cm³/mol. The van der Waals surface area contributed by atoms with Crippen LogP contribution in [0, 0.1) is 12.8 Å². The number of rotatable bonds is 4. The molecule has 2 aliphatic rings. The molecule has 0 saturated heterocycles. The molecule has 1 aromatic rings. The van der Waals surface area contributed by atoms with Crippen molar-refractivity contribution in [2.75, 3.05) is 6.54 Å². The van der Waals surface area contributed by atoms with Crippen LogP contribution in [0.15, 0.2) is 24.3 Å². The van der Waals surface area contributed by atoms with E-state index in [2.05, 4.69) is 43.4 Å². The average Bonchev–Trinajstić information content (AvgIpc) is 2.41. The zero-order chi connectivity index (χ0) is 14.9. The van der Waals surface area contributed by atoms with E-state index in [-0.39, 0.29) is 0 Å². The molecule has 0 aromatic heterocycles. The van der Waals surface area contributed by atoms with Crippen molar-refractivity contribution in [1.82, 2.24) is 5.32 Å². The zero-order valence-electron chi connectivity index (χ0n) is 13.4. The predicted octanol–water partition coefficient (Wildman–Crippen LogP) is 3.77. The second-order valence-electron chi connectivity index (χ2n) is 7.57. The molecule has 21 heavy (non-hydrogen) atoms. The van der Waals surface area contributed by atoms with Crippen molar-refractivity contribution in [2.45, 2.75) is 69.9 Å². The van der Waals surface area contributed by atoms with Gasteiger partial charge in [-0.2, -0.15) is 0 Å². The van der Waals surface area contributed by atoms with Gasteiger partial charge in [0.15, 0.2) is 0 Å². The van der Waals surface area contributed by atoms with Crippen LogP contribution in [0.4, 0.5) is 0 Å². The summed E-state index contributed by atoms with van der Waals surface area (Å²) in [6, 6.07) is 9.49. The summed E-state index contributed by atoms with van der Waals surface area (Å²) in [5.41, 5.74) is 2.40. The molecular formula is C19H29NO. The second kappa shape index (κ2) is 6.10. The monoisotopic (exact) mass is 287 g/mol. The first kappa shape index (κ1) is 15.1. The van der Waals surface area contributed by atoms with Gasteiger partial charge in [-0.3, -0.25) is 0 Å². The Morgan fingerprint density at radius 2 is 1.95 bits per heavy atom. The van der Waals surface area contributed by atoms with Crippen LogP contribution in [0.2, 0.25) is 0 Å². The molecule has 2 nitrogen and oxygen atoms in total.